The summed E-state index contributed by atoms with van der Waals surface area (Å²) in [5.41, 5.74) is 2.21. The Bertz CT molecular complexity index is 888. The Kier molecular flexibility index (Phi) is 3.15. The van der Waals surface area contributed by atoms with Gasteiger partial charge in [0.2, 0.25) is 5.95 Å². The monoisotopic (exact) mass is 309 g/mol. The van der Waals surface area contributed by atoms with E-state index in [4.69, 9.17) is 0 Å². The zero-order valence-corrected chi connectivity index (χ0v) is 12.7. The number of pyridine rings is 1. The Balaban J connectivity index is 1.55. The van der Waals surface area contributed by atoms with Crippen LogP contribution in [-0.4, -0.2) is 21.3 Å². The number of aryl methyl sites for hydroxylation is 1. The van der Waals surface area contributed by atoms with E-state index in [0.717, 1.165) is 6.42 Å². The molecule has 0 aliphatic heterocycles. The van der Waals surface area contributed by atoms with Gasteiger partial charge >= 0.3 is 0 Å². The van der Waals surface area contributed by atoms with Crippen LogP contribution in [0.25, 0.3) is 5.65 Å². The molecule has 1 aliphatic rings. The van der Waals surface area contributed by atoms with Crippen molar-refractivity contribution in [2.45, 2.75) is 25.3 Å². The van der Waals surface area contributed by atoms with Crippen LogP contribution in [0.4, 0.5) is 4.39 Å². The van der Waals surface area contributed by atoms with E-state index in [1.165, 1.54) is 9.96 Å². The van der Waals surface area contributed by atoms with Crippen LogP contribution in [-0.2, 0) is 0 Å². The minimum atomic E-state index is -0.604. The molecular formula is C18H16FN3O. The molecule has 4 nitrogen and oxygen atoms in total. The SMILES string of the molecule is Cc1cccc2nc(C(=O)N[C@@H]3C[C@H]3c3ccccc3)c(F)n12. The molecule has 1 amide bonds. The molecular weight excluding hydrogens is 293 g/mol. The van der Waals surface area contributed by atoms with Crippen molar-refractivity contribution >= 4 is 11.6 Å². The maximum Gasteiger partial charge on any atom is 0.274 e. The van der Waals surface area contributed by atoms with E-state index in [1.807, 2.05) is 30.3 Å². The Labute approximate surface area is 133 Å². The van der Waals surface area contributed by atoms with E-state index in [1.54, 1.807) is 25.1 Å². The second-order valence-electron chi connectivity index (χ2n) is 5.94. The minimum absolute atomic E-state index is 0.0511. The minimum Gasteiger partial charge on any atom is -0.347 e. The van der Waals surface area contributed by atoms with Crippen molar-refractivity contribution in [2.24, 2.45) is 0 Å². The van der Waals surface area contributed by atoms with Gasteiger partial charge in [-0.05, 0) is 31.0 Å². The van der Waals surface area contributed by atoms with Gasteiger partial charge < -0.3 is 5.32 Å². The molecule has 1 fully saturated rings. The summed E-state index contributed by atoms with van der Waals surface area (Å²) in [7, 11) is 0. The Hall–Kier alpha value is -2.69. The van der Waals surface area contributed by atoms with Gasteiger partial charge in [-0.3, -0.25) is 9.20 Å². The van der Waals surface area contributed by atoms with Gasteiger partial charge in [-0.2, -0.15) is 4.39 Å². The molecule has 2 aromatic heterocycles. The predicted molar refractivity (Wildman–Crippen MR) is 84.9 cm³/mol. The number of hydrogen-bond acceptors (Lipinski definition) is 2. The predicted octanol–water partition coefficient (Wildman–Crippen LogP) is 3.07. The molecule has 1 aromatic carbocycles. The van der Waals surface area contributed by atoms with Crippen LogP contribution >= 0.6 is 0 Å². The number of carbonyl (C=O) groups is 1. The summed E-state index contributed by atoms with van der Waals surface area (Å²) in [4.78, 5) is 16.5. The van der Waals surface area contributed by atoms with E-state index in [2.05, 4.69) is 10.3 Å². The summed E-state index contributed by atoms with van der Waals surface area (Å²) in [5, 5.41) is 2.89. The molecule has 0 bridgehead atoms. The third-order valence-corrected chi connectivity index (χ3v) is 4.33. The van der Waals surface area contributed by atoms with Gasteiger partial charge in [0.1, 0.15) is 5.65 Å². The number of benzene rings is 1. The number of nitrogens with one attached hydrogen (secondary N) is 1. The molecule has 0 radical (unpaired) electrons. The van der Waals surface area contributed by atoms with Crippen LogP contribution < -0.4 is 5.32 Å². The van der Waals surface area contributed by atoms with Gasteiger partial charge in [-0.15, -0.1) is 0 Å². The second kappa shape index (κ2) is 5.19. The highest BCUT2D eigenvalue weighted by atomic mass is 19.1. The van der Waals surface area contributed by atoms with Crippen molar-refractivity contribution in [3.63, 3.8) is 0 Å². The number of rotatable bonds is 3. The number of nitrogens with zero attached hydrogens (tertiary/aromatic N) is 2. The van der Waals surface area contributed by atoms with Crippen LogP contribution in [0.5, 0.6) is 0 Å². The van der Waals surface area contributed by atoms with Crippen molar-refractivity contribution < 1.29 is 9.18 Å². The number of hydrogen-bond donors (Lipinski definition) is 1. The van der Waals surface area contributed by atoms with Gasteiger partial charge in [0.25, 0.3) is 5.91 Å². The number of aromatic nitrogens is 2. The lowest BCUT2D eigenvalue weighted by atomic mass is 10.1. The van der Waals surface area contributed by atoms with Crippen molar-refractivity contribution in [1.29, 1.82) is 0 Å². The van der Waals surface area contributed by atoms with Crippen molar-refractivity contribution in [3.8, 4) is 0 Å². The van der Waals surface area contributed by atoms with Gasteiger partial charge in [0.15, 0.2) is 5.69 Å². The molecule has 1 saturated carbocycles. The van der Waals surface area contributed by atoms with Gasteiger partial charge in [0.05, 0.1) is 0 Å². The fourth-order valence-corrected chi connectivity index (χ4v) is 3.02. The molecule has 116 valence electrons. The first kappa shape index (κ1) is 13.9. The molecule has 0 spiro atoms. The summed E-state index contributed by atoms with van der Waals surface area (Å²) in [6.07, 6.45) is 0.879. The lowest BCUT2D eigenvalue weighted by Gasteiger charge is -2.03. The topological polar surface area (TPSA) is 46.4 Å². The first-order valence-electron chi connectivity index (χ1n) is 7.64. The first-order valence-corrected chi connectivity index (χ1v) is 7.64. The second-order valence-corrected chi connectivity index (χ2v) is 5.94. The van der Waals surface area contributed by atoms with Crippen molar-refractivity contribution in [1.82, 2.24) is 14.7 Å². The standard InChI is InChI=1S/C18H16FN3O/c1-11-6-5-9-15-21-16(17(19)22(11)15)18(23)20-14-10-13(14)12-7-3-2-4-8-12/h2-9,13-14H,10H2,1H3,(H,20,23)/t13-,14+/m0/s1. The lowest BCUT2D eigenvalue weighted by molar-refractivity contribution is 0.0941. The number of imidazole rings is 1. The molecule has 2 atom stereocenters. The zero-order valence-electron chi connectivity index (χ0n) is 12.7. The molecule has 3 aromatic rings. The maximum atomic E-state index is 14.5. The van der Waals surface area contributed by atoms with Crippen LogP contribution in [0.1, 0.15) is 34.1 Å². The molecule has 4 rings (SSSR count). The average Bonchev–Trinajstić information content (AvgIpc) is 3.23. The number of fused-ring (bicyclic) bond motifs is 1. The highest BCUT2D eigenvalue weighted by Gasteiger charge is 2.40. The summed E-state index contributed by atoms with van der Waals surface area (Å²) >= 11 is 0. The molecule has 1 aliphatic carbocycles. The van der Waals surface area contributed by atoms with Crippen molar-refractivity contribution in [2.75, 3.05) is 0 Å². The molecule has 0 saturated heterocycles. The van der Waals surface area contributed by atoms with E-state index in [-0.39, 0.29) is 11.7 Å². The lowest BCUT2D eigenvalue weighted by Crippen LogP contribution is -2.27. The molecule has 23 heavy (non-hydrogen) atoms. The zero-order chi connectivity index (χ0) is 16.0. The highest BCUT2D eigenvalue weighted by Crippen LogP contribution is 2.40. The number of halogens is 1. The Morgan fingerprint density at radius 3 is 2.74 bits per heavy atom. The Morgan fingerprint density at radius 1 is 1.22 bits per heavy atom. The van der Waals surface area contributed by atoms with Crippen LogP contribution in [0.3, 0.4) is 0 Å². The summed E-state index contributed by atoms with van der Waals surface area (Å²) < 4.78 is 15.8. The normalized spacial score (nSPS) is 19.7. The van der Waals surface area contributed by atoms with Gasteiger partial charge in [0, 0.05) is 17.7 Å². The van der Waals surface area contributed by atoms with E-state index < -0.39 is 11.9 Å². The van der Waals surface area contributed by atoms with Gasteiger partial charge in [-0.25, -0.2) is 4.98 Å². The van der Waals surface area contributed by atoms with Crippen LogP contribution in [0.2, 0.25) is 0 Å². The molecule has 1 N–H and O–H groups in total. The summed E-state index contributed by atoms with van der Waals surface area (Å²) in [6.45, 7) is 1.78. The first-order chi connectivity index (χ1) is 11.1. The fourth-order valence-electron chi connectivity index (χ4n) is 3.02. The molecule has 0 unspecified atom stereocenters. The highest BCUT2D eigenvalue weighted by molar-refractivity contribution is 5.93. The van der Waals surface area contributed by atoms with E-state index in [9.17, 15) is 9.18 Å². The van der Waals surface area contributed by atoms with Gasteiger partial charge in [-0.1, -0.05) is 36.4 Å². The summed E-state index contributed by atoms with van der Waals surface area (Å²) in [6, 6.07) is 15.3. The number of carbonyl (C=O) groups excluding carboxylic acids is 1. The Morgan fingerprint density at radius 2 is 2.00 bits per heavy atom. The smallest absolute Gasteiger partial charge is 0.274 e. The number of amides is 1. The third-order valence-electron chi connectivity index (χ3n) is 4.33. The van der Waals surface area contributed by atoms with Crippen LogP contribution in [0, 0.1) is 12.9 Å². The molecule has 5 heteroatoms. The van der Waals surface area contributed by atoms with Crippen molar-refractivity contribution in [3.05, 3.63) is 71.4 Å². The van der Waals surface area contributed by atoms with Crippen LogP contribution in [0.15, 0.2) is 48.5 Å². The van der Waals surface area contributed by atoms with E-state index >= 15 is 0 Å². The fraction of sp³-hybridized carbons (Fsp3) is 0.222. The maximum absolute atomic E-state index is 14.5. The largest absolute Gasteiger partial charge is 0.347 e. The van der Waals surface area contributed by atoms with E-state index in [0.29, 0.717) is 17.3 Å². The molecule has 2 heterocycles. The summed E-state index contributed by atoms with van der Waals surface area (Å²) in [5.74, 6) is -0.747. The third kappa shape index (κ3) is 2.38. The quantitative estimate of drug-likeness (QED) is 0.808. The average molecular weight is 309 g/mol.